The van der Waals surface area contributed by atoms with Gasteiger partial charge in [0, 0.05) is 18.7 Å². The first-order valence-corrected chi connectivity index (χ1v) is 10.5. The van der Waals surface area contributed by atoms with Crippen molar-refractivity contribution in [1.29, 1.82) is 0 Å². The number of hydrogen-bond donors (Lipinski definition) is 2. The molecule has 0 unspecified atom stereocenters. The lowest BCUT2D eigenvalue weighted by atomic mass is 9.94. The normalized spacial score (nSPS) is 20.5. The third-order valence-corrected chi connectivity index (χ3v) is 6.47. The van der Waals surface area contributed by atoms with E-state index in [1.165, 1.54) is 40.9 Å². The van der Waals surface area contributed by atoms with Gasteiger partial charge in [-0.2, -0.15) is 4.31 Å². The molecule has 8 nitrogen and oxygen atoms in total. The monoisotopic (exact) mass is 405 g/mol. The molecule has 1 saturated heterocycles. The minimum Gasteiger partial charge on any atom is -0.459 e. The third kappa shape index (κ3) is 4.42. The predicted octanol–water partition coefficient (Wildman–Crippen LogP) is 2.02. The van der Waals surface area contributed by atoms with E-state index in [4.69, 9.17) is 4.42 Å². The van der Waals surface area contributed by atoms with Gasteiger partial charge in [-0.1, -0.05) is 13.8 Å². The maximum atomic E-state index is 12.9. The number of benzene rings is 1. The molecule has 2 heterocycles. The Morgan fingerprint density at radius 2 is 1.61 bits per heavy atom. The maximum absolute atomic E-state index is 12.9. The van der Waals surface area contributed by atoms with Crippen molar-refractivity contribution >= 4 is 21.8 Å². The van der Waals surface area contributed by atoms with Gasteiger partial charge in [0.15, 0.2) is 5.76 Å². The first kappa shape index (κ1) is 20.1. The number of rotatable bonds is 4. The number of amides is 2. The molecule has 150 valence electrons. The van der Waals surface area contributed by atoms with Crippen molar-refractivity contribution < 1.29 is 22.4 Å². The van der Waals surface area contributed by atoms with Gasteiger partial charge in [-0.25, -0.2) is 8.42 Å². The van der Waals surface area contributed by atoms with Crippen LogP contribution in [0.3, 0.4) is 0 Å². The van der Waals surface area contributed by atoms with Crippen molar-refractivity contribution in [2.45, 2.75) is 25.2 Å². The summed E-state index contributed by atoms with van der Waals surface area (Å²) < 4.78 is 32.2. The maximum Gasteiger partial charge on any atom is 0.305 e. The lowest BCUT2D eigenvalue weighted by Crippen LogP contribution is -2.42. The van der Waals surface area contributed by atoms with E-state index in [-0.39, 0.29) is 16.2 Å². The van der Waals surface area contributed by atoms with Crippen LogP contribution in [0.25, 0.3) is 0 Å². The summed E-state index contributed by atoms with van der Waals surface area (Å²) in [5.41, 5.74) is 4.71. The number of sulfonamides is 1. The number of carbonyl (C=O) groups is 2. The highest BCUT2D eigenvalue weighted by molar-refractivity contribution is 7.89. The standard InChI is InChI=1S/C19H23N3O5S/c1-13-10-14(2)12-22(11-13)28(25,26)16-7-5-15(6-8-16)18(23)20-21-19(24)17-4-3-9-27-17/h3-9,13-14H,10-12H2,1-2H3,(H,20,23)(H,21,24)/t13-,14-/m0/s1. The fourth-order valence-corrected chi connectivity index (χ4v) is 5.06. The largest absolute Gasteiger partial charge is 0.459 e. The van der Waals surface area contributed by atoms with Gasteiger partial charge in [0.25, 0.3) is 5.91 Å². The van der Waals surface area contributed by atoms with Crippen molar-refractivity contribution in [3.63, 3.8) is 0 Å². The first-order valence-electron chi connectivity index (χ1n) is 9.01. The summed E-state index contributed by atoms with van der Waals surface area (Å²) in [7, 11) is -3.61. The molecule has 1 aliphatic rings. The Balaban J connectivity index is 1.65. The molecule has 0 saturated carbocycles. The van der Waals surface area contributed by atoms with Gasteiger partial charge >= 0.3 is 5.91 Å². The summed E-state index contributed by atoms with van der Waals surface area (Å²) in [6.45, 7) is 5.08. The van der Waals surface area contributed by atoms with Gasteiger partial charge in [-0.15, -0.1) is 0 Å². The van der Waals surface area contributed by atoms with Crippen molar-refractivity contribution in [2.24, 2.45) is 11.8 Å². The summed E-state index contributed by atoms with van der Waals surface area (Å²) in [5.74, 6) is -0.482. The van der Waals surface area contributed by atoms with Crippen LogP contribution in [0.1, 0.15) is 41.2 Å². The summed E-state index contributed by atoms with van der Waals surface area (Å²) in [4.78, 5) is 24.0. The smallest absolute Gasteiger partial charge is 0.305 e. The fourth-order valence-electron chi connectivity index (χ4n) is 3.38. The Hall–Kier alpha value is -2.65. The summed E-state index contributed by atoms with van der Waals surface area (Å²) in [5, 5.41) is 0. The number of hydrogen-bond acceptors (Lipinski definition) is 5. The van der Waals surface area contributed by atoms with Crippen LogP contribution in [-0.4, -0.2) is 37.6 Å². The van der Waals surface area contributed by atoms with E-state index < -0.39 is 21.8 Å². The molecule has 2 atom stereocenters. The minimum absolute atomic E-state index is 0.0618. The Labute approximate surface area is 163 Å². The summed E-state index contributed by atoms with van der Waals surface area (Å²) in [6, 6.07) is 8.66. The molecule has 2 N–H and O–H groups in total. The molecular weight excluding hydrogens is 382 g/mol. The topological polar surface area (TPSA) is 109 Å². The average molecular weight is 405 g/mol. The molecule has 2 amide bonds. The molecule has 0 spiro atoms. The number of nitrogens with one attached hydrogen (secondary N) is 2. The zero-order valence-corrected chi connectivity index (χ0v) is 16.5. The molecule has 9 heteroatoms. The average Bonchev–Trinajstić information content (AvgIpc) is 3.20. The highest BCUT2D eigenvalue weighted by Gasteiger charge is 2.31. The van der Waals surface area contributed by atoms with Gasteiger partial charge in [0.1, 0.15) is 0 Å². The summed E-state index contributed by atoms with van der Waals surface area (Å²) in [6.07, 6.45) is 2.36. The van der Waals surface area contributed by atoms with Crippen LogP contribution in [-0.2, 0) is 10.0 Å². The second-order valence-corrected chi connectivity index (χ2v) is 9.12. The number of carbonyl (C=O) groups excluding carboxylic acids is 2. The van der Waals surface area contributed by atoms with Crippen LogP contribution in [0.15, 0.2) is 52.0 Å². The van der Waals surface area contributed by atoms with E-state index in [9.17, 15) is 18.0 Å². The quantitative estimate of drug-likeness (QED) is 0.757. The molecule has 3 rings (SSSR count). The van der Waals surface area contributed by atoms with Crippen molar-refractivity contribution in [2.75, 3.05) is 13.1 Å². The molecule has 2 aromatic rings. The number of hydrazine groups is 1. The predicted molar refractivity (Wildman–Crippen MR) is 102 cm³/mol. The molecule has 0 bridgehead atoms. The Morgan fingerprint density at radius 1 is 1.00 bits per heavy atom. The van der Waals surface area contributed by atoms with Gasteiger partial charge in [-0.05, 0) is 54.7 Å². The van der Waals surface area contributed by atoms with Gasteiger partial charge in [0.2, 0.25) is 10.0 Å². The molecule has 0 aliphatic carbocycles. The molecular formula is C19H23N3O5S. The second kappa shape index (κ2) is 8.15. The third-order valence-electron chi connectivity index (χ3n) is 4.62. The number of nitrogens with zero attached hydrogens (tertiary/aromatic N) is 1. The van der Waals surface area contributed by atoms with E-state index in [1.54, 1.807) is 6.07 Å². The van der Waals surface area contributed by atoms with Gasteiger partial charge in [-0.3, -0.25) is 20.4 Å². The molecule has 0 radical (unpaired) electrons. The van der Waals surface area contributed by atoms with Crippen LogP contribution < -0.4 is 10.9 Å². The van der Waals surface area contributed by atoms with E-state index in [0.717, 1.165) is 6.42 Å². The Kier molecular flexibility index (Phi) is 5.85. The molecule has 1 fully saturated rings. The molecule has 1 aliphatic heterocycles. The number of furan rings is 1. The van der Waals surface area contributed by atoms with Crippen LogP contribution in [0, 0.1) is 11.8 Å². The van der Waals surface area contributed by atoms with Gasteiger partial charge < -0.3 is 4.42 Å². The van der Waals surface area contributed by atoms with Crippen LogP contribution in [0.5, 0.6) is 0 Å². The second-order valence-electron chi connectivity index (χ2n) is 7.18. The van der Waals surface area contributed by atoms with Gasteiger partial charge in [0.05, 0.1) is 11.2 Å². The molecule has 1 aromatic carbocycles. The highest BCUT2D eigenvalue weighted by Crippen LogP contribution is 2.26. The van der Waals surface area contributed by atoms with Crippen LogP contribution >= 0.6 is 0 Å². The van der Waals surface area contributed by atoms with Crippen LogP contribution in [0.4, 0.5) is 0 Å². The van der Waals surface area contributed by atoms with Crippen LogP contribution in [0.2, 0.25) is 0 Å². The highest BCUT2D eigenvalue weighted by atomic mass is 32.2. The molecule has 1 aromatic heterocycles. The fraction of sp³-hybridized carbons (Fsp3) is 0.368. The van der Waals surface area contributed by atoms with Crippen molar-refractivity contribution in [1.82, 2.24) is 15.2 Å². The first-order chi connectivity index (χ1) is 13.3. The molecule has 28 heavy (non-hydrogen) atoms. The lowest BCUT2D eigenvalue weighted by Gasteiger charge is -2.34. The Bertz CT molecular complexity index is 928. The zero-order chi connectivity index (χ0) is 20.3. The minimum atomic E-state index is -3.61. The van der Waals surface area contributed by atoms with E-state index in [0.29, 0.717) is 24.9 Å². The lowest BCUT2D eigenvalue weighted by molar-refractivity contribution is 0.0831. The van der Waals surface area contributed by atoms with E-state index >= 15 is 0 Å². The van der Waals surface area contributed by atoms with Crippen molar-refractivity contribution in [3.05, 3.63) is 54.0 Å². The zero-order valence-electron chi connectivity index (χ0n) is 15.7. The summed E-state index contributed by atoms with van der Waals surface area (Å²) >= 11 is 0. The SMILES string of the molecule is C[C@H]1C[C@H](C)CN(S(=O)(=O)c2ccc(C(=O)NNC(=O)c3ccco3)cc2)C1. The van der Waals surface area contributed by atoms with Crippen molar-refractivity contribution in [3.8, 4) is 0 Å². The van der Waals surface area contributed by atoms with E-state index in [2.05, 4.69) is 10.9 Å². The Morgan fingerprint density at radius 3 is 2.18 bits per heavy atom. The number of piperidine rings is 1. The van der Waals surface area contributed by atoms with E-state index in [1.807, 2.05) is 13.8 Å².